The summed E-state index contributed by atoms with van der Waals surface area (Å²) >= 11 is 0. The van der Waals surface area contributed by atoms with E-state index in [-0.39, 0.29) is 29.6 Å². The molecule has 3 amide bonds. The molecule has 1 heterocycles. The van der Waals surface area contributed by atoms with Gasteiger partial charge in [0, 0.05) is 49.3 Å². The maximum atomic E-state index is 12.8. The van der Waals surface area contributed by atoms with E-state index >= 15 is 0 Å². The Morgan fingerprint density at radius 3 is 2.07 bits per heavy atom. The van der Waals surface area contributed by atoms with E-state index in [0.29, 0.717) is 37.7 Å². The minimum Gasteiger partial charge on any atom is -0.339 e. The van der Waals surface area contributed by atoms with E-state index in [1.54, 1.807) is 24.3 Å². The summed E-state index contributed by atoms with van der Waals surface area (Å²) in [7, 11) is 0. The smallest absolute Gasteiger partial charge is 0.253 e. The molecule has 0 spiro atoms. The van der Waals surface area contributed by atoms with Crippen LogP contribution in [-0.2, 0) is 9.59 Å². The third-order valence-electron chi connectivity index (χ3n) is 6.68. The highest BCUT2D eigenvalue weighted by Gasteiger charge is 2.39. The molecule has 2 unspecified atom stereocenters. The zero-order valence-corrected chi connectivity index (χ0v) is 17.2. The number of carbonyl (C=O) groups is 3. The monoisotopic (exact) mass is 397 g/mol. The highest BCUT2D eigenvalue weighted by Crippen LogP contribution is 2.38. The van der Waals surface area contributed by atoms with Crippen molar-refractivity contribution in [3.05, 3.63) is 29.8 Å². The van der Waals surface area contributed by atoms with Crippen molar-refractivity contribution in [2.45, 2.75) is 45.4 Å². The van der Waals surface area contributed by atoms with Crippen molar-refractivity contribution in [3.63, 3.8) is 0 Å². The molecule has 2 aliphatic carbocycles. The first-order valence-corrected chi connectivity index (χ1v) is 11.0. The second kappa shape index (κ2) is 8.56. The van der Waals surface area contributed by atoms with Crippen molar-refractivity contribution < 1.29 is 14.4 Å². The van der Waals surface area contributed by atoms with Crippen LogP contribution in [0.5, 0.6) is 0 Å². The van der Waals surface area contributed by atoms with Crippen LogP contribution >= 0.6 is 0 Å². The molecule has 3 aliphatic rings. The summed E-state index contributed by atoms with van der Waals surface area (Å²) in [5.74, 6) is 1.12. The van der Waals surface area contributed by atoms with Gasteiger partial charge in [0.05, 0.1) is 0 Å². The number of carbonyl (C=O) groups excluding carboxylic acids is 3. The Morgan fingerprint density at radius 1 is 0.897 bits per heavy atom. The maximum Gasteiger partial charge on any atom is 0.253 e. The first kappa shape index (κ1) is 19.9. The summed E-state index contributed by atoms with van der Waals surface area (Å²) in [5, 5.41) is 2.92. The van der Waals surface area contributed by atoms with E-state index in [1.165, 1.54) is 6.42 Å². The topological polar surface area (TPSA) is 69.7 Å². The summed E-state index contributed by atoms with van der Waals surface area (Å²) in [4.78, 5) is 41.3. The van der Waals surface area contributed by atoms with Gasteiger partial charge in [-0.2, -0.15) is 0 Å². The molecule has 6 heteroatoms. The summed E-state index contributed by atoms with van der Waals surface area (Å²) in [6, 6.07) is 7.13. The van der Waals surface area contributed by atoms with Gasteiger partial charge in [0.2, 0.25) is 11.8 Å². The molecule has 6 nitrogen and oxygen atoms in total. The average Bonchev–Trinajstić information content (AvgIpc) is 3.51. The third kappa shape index (κ3) is 4.62. The van der Waals surface area contributed by atoms with Gasteiger partial charge in [-0.05, 0) is 49.4 Å². The van der Waals surface area contributed by atoms with E-state index in [9.17, 15) is 14.4 Å². The molecule has 4 rings (SSSR count). The average molecular weight is 398 g/mol. The van der Waals surface area contributed by atoms with Crippen molar-refractivity contribution in [3.8, 4) is 0 Å². The molecule has 1 saturated heterocycles. The summed E-state index contributed by atoms with van der Waals surface area (Å²) < 4.78 is 0. The molecule has 1 aliphatic heterocycles. The van der Waals surface area contributed by atoms with Gasteiger partial charge in [-0.15, -0.1) is 0 Å². The number of nitrogens with one attached hydrogen (secondary N) is 1. The van der Waals surface area contributed by atoms with Gasteiger partial charge in [0.25, 0.3) is 5.91 Å². The Balaban J connectivity index is 1.27. The van der Waals surface area contributed by atoms with E-state index in [0.717, 1.165) is 37.8 Å². The van der Waals surface area contributed by atoms with E-state index in [1.807, 2.05) is 9.80 Å². The number of hydrogen-bond donors (Lipinski definition) is 1. The van der Waals surface area contributed by atoms with Gasteiger partial charge in [-0.1, -0.05) is 26.2 Å². The second-order valence-electron chi connectivity index (χ2n) is 8.84. The Morgan fingerprint density at radius 2 is 1.48 bits per heavy atom. The van der Waals surface area contributed by atoms with Crippen LogP contribution in [0.25, 0.3) is 0 Å². The van der Waals surface area contributed by atoms with Gasteiger partial charge in [0.1, 0.15) is 0 Å². The highest BCUT2D eigenvalue weighted by molar-refractivity contribution is 5.97. The fourth-order valence-corrected chi connectivity index (χ4v) is 4.54. The van der Waals surface area contributed by atoms with Crippen LogP contribution in [0.15, 0.2) is 24.3 Å². The number of nitrogens with zero attached hydrogens (tertiary/aromatic N) is 2. The lowest BCUT2D eigenvalue weighted by Gasteiger charge is -2.37. The van der Waals surface area contributed by atoms with Crippen LogP contribution in [0.3, 0.4) is 0 Å². The number of rotatable bonds is 4. The molecular formula is C23H31N3O3. The van der Waals surface area contributed by atoms with Crippen molar-refractivity contribution in [2.24, 2.45) is 17.8 Å². The second-order valence-corrected chi connectivity index (χ2v) is 8.84. The normalized spacial score (nSPS) is 24.9. The Hall–Kier alpha value is -2.37. The van der Waals surface area contributed by atoms with Crippen LogP contribution < -0.4 is 5.32 Å². The molecule has 29 heavy (non-hydrogen) atoms. The summed E-state index contributed by atoms with van der Waals surface area (Å²) in [6.07, 6.45) is 6.54. The fraction of sp³-hybridized carbons (Fsp3) is 0.609. The third-order valence-corrected chi connectivity index (χ3v) is 6.68. The molecule has 0 aromatic heterocycles. The van der Waals surface area contributed by atoms with Gasteiger partial charge in [0.15, 0.2) is 0 Å². The maximum absolute atomic E-state index is 12.8. The lowest BCUT2D eigenvalue weighted by molar-refractivity contribution is -0.138. The predicted molar refractivity (Wildman–Crippen MR) is 111 cm³/mol. The quantitative estimate of drug-likeness (QED) is 0.849. The SMILES string of the molecule is CC1CC1C(=O)Nc1ccc(C(=O)N2CCN(C(=O)C3CCCCC3)CC2)cc1. The van der Waals surface area contributed by atoms with Crippen LogP contribution in [0.4, 0.5) is 5.69 Å². The Kier molecular flexibility index (Phi) is 5.88. The first-order chi connectivity index (χ1) is 14.0. The van der Waals surface area contributed by atoms with Crippen LogP contribution in [0.1, 0.15) is 55.8 Å². The Labute approximate surface area is 172 Å². The molecule has 1 N–H and O–H groups in total. The zero-order valence-electron chi connectivity index (χ0n) is 17.2. The lowest BCUT2D eigenvalue weighted by Crippen LogP contribution is -2.52. The minimum atomic E-state index is -0.0107. The zero-order chi connectivity index (χ0) is 20.4. The number of anilines is 1. The van der Waals surface area contributed by atoms with Gasteiger partial charge in [-0.3, -0.25) is 14.4 Å². The largest absolute Gasteiger partial charge is 0.339 e. The first-order valence-electron chi connectivity index (χ1n) is 11.0. The van der Waals surface area contributed by atoms with E-state index in [2.05, 4.69) is 12.2 Å². The van der Waals surface area contributed by atoms with Crippen LogP contribution in [-0.4, -0.2) is 53.7 Å². The molecule has 2 atom stereocenters. The van der Waals surface area contributed by atoms with E-state index in [4.69, 9.17) is 0 Å². The lowest BCUT2D eigenvalue weighted by atomic mass is 9.88. The molecule has 1 aromatic rings. The van der Waals surface area contributed by atoms with Gasteiger partial charge < -0.3 is 15.1 Å². The number of benzene rings is 1. The fourth-order valence-electron chi connectivity index (χ4n) is 4.54. The van der Waals surface area contributed by atoms with Gasteiger partial charge in [-0.25, -0.2) is 0 Å². The molecule has 3 fully saturated rings. The predicted octanol–water partition coefficient (Wildman–Crippen LogP) is 3.15. The molecule has 156 valence electrons. The molecule has 0 radical (unpaired) electrons. The van der Waals surface area contributed by atoms with Gasteiger partial charge >= 0.3 is 0 Å². The van der Waals surface area contributed by atoms with Crippen LogP contribution in [0, 0.1) is 17.8 Å². The van der Waals surface area contributed by atoms with Crippen molar-refractivity contribution in [1.29, 1.82) is 0 Å². The Bertz CT molecular complexity index is 762. The molecule has 2 saturated carbocycles. The number of hydrogen-bond acceptors (Lipinski definition) is 3. The summed E-state index contributed by atoms with van der Waals surface area (Å²) in [6.45, 7) is 4.47. The minimum absolute atomic E-state index is 0.0107. The van der Waals surface area contributed by atoms with Crippen molar-refractivity contribution >= 4 is 23.4 Å². The van der Waals surface area contributed by atoms with E-state index < -0.39 is 0 Å². The molecule has 0 bridgehead atoms. The molecular weight excluding hydrogens is 366 g/mol. The number of piperazine rings is 1. The molecule has 1 aromatic carbocycles. The number of amides is 3. The van der Waals surface area contributed by atoms with Crippen molar-refractivity contribution in [1.82, 2.24) is 9.80 Å². The van der Waals surface area contributed by atoms with Crippen molar-refractivity contribution in [2.75, 3.05) is 31.5 Å². The standard InChI is InChI=1S/C23H31N3O3/c1-16-15-20(16)21(27)24-19-9-7-18(8-10-19)23(29)26-13-11-25(12-14-26)22(28)17-5-3-2-4-6-17/h7-10,16-17,20H,2-6,11-15H2,1H3,(H,24,27). The van der Waals surface area contributed by atoms with Crippen LogP contribution in [0.2, 0.25) is 0 Å². The summed E-state index contributed by atoms with van der Waals surface area (Å²) in [5.41, 5.74) is 1.35. The highest BCUT2D eigenvalue weighted by atomic mass is 16.2.